The summed E-state index contributed by atoms with van der Waals surface area (Å²) in [6.45, 7) is 5.36. The number of aromatic nitrogens is 2. The molecule has 1 heterocycles. The van der Waals surface area contributed by atoms with Crippen LogP contribution in [0.1, 0.15) is 23.9 Å². The van der Waals surface area contributed by atoms with E-state index in [2.05, 4.69) is 15.2 Å². The number of hydrogen-bond donors (Lipinski definition) is 1. The lowest BCUT2D eigenvalue weighted by atomic mass is 10.1. The third-order valence-electron chi connectivity index (χ3n) is 2.93. The molecule has 1 aromatic heterocycles. The average Bonchev–Trinajstić information content (AvgIpc) is 2.54. The molecule has 1 rings (SSSR count). The van der Waals surface area contributed by atoms with E-state index in [0.29, 0.717) is 0 Å². The van der Waals surface area contributed by atoms with Crippen molar-refractivity contribution in [3.05, 3.63) is 17.0 Å². The molecule has 18 heavy (non-hydrogen) atoms. The molecular formula is C12H19N3O3. The maximum Gasteiger partial charge on any atom is 0.328 e. The molecule has 6 heteroatoms. The number of nitrogens with one attached hydrogen (secondary N) is 1. The topological polar surface area (TPSA) is 73.2 Å². The summed E-state index contributed by atoms with van der Waals surface area (Å²) >= 11 is 0. The van der Waals surface area contributed by atoms with E-state index in [1.165, 1.54) is 7.11 Å². The predicted octanol–water partition coefficient (Wildman–Crippen LogP) is 0.257. The highest BCUT2D eigenvalue weighted by molar-refractivity contribution is 5.85. The Morgan fingerprint density at radius 1 is 1.44 bits per heavy atom. The Hall–Kier alpha value is -1.85. The van der Waals surface area contributed by atoms with E-state index in [1.807, 2.05) is 20.9 Å². The Kier molecular flexibility index (Phi) is 4.47. The molecule has 0 aliphatic heterocycles. The van der Waals surface area contributed by atoms with E-state index >= 15 is 0 Å². The Balaban J connectivity index is 2.68. The van der Waals surface area contributed by atoms with Crippen molar-refractivity contribution in [2.75, 3.05) is 7.11 Å². The summed E-state index contributed by atoms with van der Waals surface area (Å²) < 4.78 is 6.28. The molecule has 0 fully saturated rings. The molecule has 0 spiro atoms. The van der Waals surface area contributed by atoms with Gasteiger partial charge in [-0.3, -0.25) is 9.48 Å². The number of nitrogens with zero attached hydrogens (tertiary/aromatic N) is 2. The number of hydrogen-bond acceptors (Lipinski definition) is 4. The van der Waals surface area contributed by atoms with Crippen LogP contribution in [0.15, 0.2) is 0 Å². The van der Waals surface area contributed by atoms with E-state index < -0.39 is 12.0 Å². The molecule has 100 valence electrons. The van der Waals surface area contributed by atoms with Crippen LogP contribution in [0, 0.1) is 13.8 Å². The largest absolute Gasteiger partial charge is 0.467 e. The van der Waals surface area contributed by atoms with Gasteiger partial charge in [-0.2, -0.15) is 5.10 Å². The van der Waals surface area contributed by atoms with Crippen LogP contribution in [0.3, 0.4) is 0 Å². The van der Waals surface area contributed by atoms with Crippen molar-refractivity contribution in [1.82, 2.24) is 15.1 Å². The van der Waals surface area contributed by atoms with Crippen LogP contribution in [0.25, 0.3) is 0 Å². The molecular weight excluding hydrogens is 234 g/mol. The van der Waals surface area contributed by atoms with Crippen LogP contribution in [-0.2, 0) is 27.8 Å². The van der Waals surface area contributed by atoms with Gasteiger partial charge in [0.05, 0.1) is 19.2 Å². The second-order valence-electron chi connectivity index (χ2n) is 4.26. The van der Waals surface area contributed by atoms with Crippen LogP contribution >= 0.6 is 0 Å². The van der Waals surface area contributed by atoms with Gasteiger partial charge >= 0.3 is 5.97 Å². The third-order valence-corrected chi connectivity index (χ3v) is 2.93. The van der Waals surface area contributed by atoms with Gasteiger partial charge in [0.1, 0.15) is 6.04 Å². The van der Waals surface area contributed by atoms with Crippen LogP contribution in [0.4, 0.5) is 0 Å². The van der Waals surface area contributed by atoms with Gasteiger partial charge in [-0.05, 0) is 20.8 Å². The summed E-state index contributed by atoms with van der Waals surface area (Å²) in [5, 5.41) is 6.83. The van der Waals surface area contributed by atoms with E-state index in [-0.39, 0.29) is 12.3 Å². The minimum atomic E-state index is -0.639. The van der Waals surface area contributed by atoms with Crippen molar-refractivity contribution in [3.8, 4) is 0 Å². The Labute approximate surface area is 106 Å². The second-order valence-corrected chi connectivity index (χ2v) is 4.26. The lowest BCUT2D eigenvalue weighted by molar-refractivity contribution is -0.144. The molecule has 0 aromatic carbocycles. The number of amides is 1. The van der Waals surface area contributed by atoms with Crippen LogP contribution < -0.4 is 5.32 Å². The number of carbonyl (C=O) groups excluding carboxylic acids is 2. The first-order valence-electron chi connectivity index (χ1n) is 5.73. The zero-order valence-electron chi connectivity index (χ0n) is 11.4. The number of ether oxygens (including phenoxy) is 1. The molecule has 0 radical (unpaired) electrons. The molecule has 1 amide bonds. The summed E-state index contributed by atoms with van der Waals surface area (Å²) in [6.07, 6.45) is 0.215. The maximum absolute atomic E-state index is 11.8. The van der Waals surface area contributed by atoms with Crippen molar-refractivity contribution in [3.63, 3.8) is 0 Å². The van der Waals surface area contributed by atoms with Gasteiger partial charge in [0.15, 0.2) is 0 Å². The van der Waals surface area contributed by atoms with Gasteiger partial charge in [0, 0.05) is 18.3 Å². The second kappa shape index (κ2) is 5.66. The highest BCUT2D eigenvalue weighted by Crippen LogP contribution is 2.12. The maximum atomic E-state index is 11.8. The van der Waals surface area contributed by atoms with E-state index in [1.54, 1.807) is 11.6 Å². The van der Waals surface area contributed by atoms with E-state index in [9.17, 15) is 9.59 Å². The zero-order chi connectivity index (χ0) is 13.9. The smallest absolute Gasteiger partial charge is 0.328 e. The number of methoxy groups -OCH3 is 1. The lowest BCUT2D eigenvalue weighted by Crippen LogP contribution is -2.40. The molecule has 6 nitrogen and oxygen atoms in total. The quantitative estimate of drug-likeness (QED) is 0.781. The molecule has 0 aliphatic rings. The fourth-order valence-corrected chi connectivity index (χ4v) is 1.76. The van der Waals surface area contributed by atoms with Gasteiger partial charge in [0.2, 0.25) is 5.91 Å². The van der Waals surface area contributed by atoms with Gasteiger partial charge in [-0.25, -0.2) is 4.79 Å². The van der Waals surface area contributed by atoms with Gasteiger partial charge in [0.25, 0.3) is 0 Å². The number of esters is 1. The summed E-state index contributed by atoms with van der Waals surface area (Å²) in [7, 11) is 3.13. The number of carbonyl (C=O) groups is 2. The van der Waals surface area contributed by atoms with Crippen LogP contribution in [0.2, 0.25) is 0 Å². The normalized spacial score (nSPS) is 12.1. The fourth-order valence-electron chi connectivity index (χ4n) is 1.76. The van der Waals surface area contributed by atoms with Crippen molar-refractivity contribution >= 4 is 11.9 Å². The average molecular weight is 253 g/mol. The Morgan fingerprint density at radius 3 is 2.50 bits per heavy atom. The number of aryl methyl sites for hydroxylation is 2. The van der Waals surface area contributed by atoms with Crippen LogP contribution in [0.5, 0.6) is 0 Å². The standard InChI is InChI=1S/C12H19N3O3/c1-7-10(9(3)15(4)14-7)6-11(16)13-8(2)12(17)18-5/h8H,6H2,1-5H3,(H,13,16). The first-order valence-corrected chi connectivity index (χ1v) is 5.73. The fraction of sp³-hybridized carbons (Fsp3) is 0.583. The van der Waals surface area contributed by atoms with Crippen molar-refractivity contribution < 1.29 is 14.3 Å². The lowest BCUT2D eigenvalue weighted by Gasteiger charge is -2.11. The molecule has 1 unspecified atom stereocenters. The van der Waals surface area contributed by atoms with E-state index in [4.69, 9.17) is 0 Å². The first-order chi connectivity index (χ1) is 8.36. The monoisotopic (exact) mass is 253 g/mol. The minimum Gasteiger partial charge on any atom is -0.467 e. The highest BCUT2D eigenvalue weighted by Gasteiger charge is 2.18. The summed E-state index contributed by atoms with van der Waals surface area (Å²) in [4.78, 5) is 23.0. The van der Waals surface area contributed by atoms with E-state index in [0.717, 1.165) is 17.0 Å². The predicted molar refractivity (Wildman–Crippen MR) is 66.0 cm³/mol. The van der Waals surface area contributed by atoms with Crippen LogP contribution in [-0.4, -0.2) is 34.8 Å². The molecule has 1 aromatic rings. The summed E-state index contributed by atoms with van der Waals surface area (Å²) in [5.74, 6) is -0.671. The Morgan fingerprint density at radius 2 is 2.06 bits per heavy atom. The summed E-state index contributed by atoms with van der Waals surface area (Å²) in [5.41, 5.74) is 2.68. The van der Waals surface area contributed by atoms with Crippen molar-refractivity contribution in [1.29, 1.82) is 0 Å². The summed E-state index contributed by atoms with van der Waals surface area (Å²) in [6, 6.07) is -0.639. The Bertz CT molecular complexity index is 465. The minimum absolute atomic E-state index is 0.215. The third kappa shape index (κ3) is 3.09. The molecule has 0 saturated carbocycles. The molecule has 1 N–H and O–H groups in total. The zero-order valence-corrected chi connectivity index (χ0v) is 11.4. The highest BCUT2D eigenvalue weighted by atomic mass is 16.5. The molecule has 1 atom stereocenters. The van der Waals surface area contributed by atoms with Crippen molar-refractivity contribution in [2.24, 2.45) is 7.05 Å². The molecule has 0 aliphatic carbocycles. The SMILES string of the molecule is COC(=O)C(C)NC(=O)Cc1c(C)nn(C)c1C. The van der Waals surface area contributed by atoms with Gasteiger partial charge in [-0.1, -0.05) is 0 Å². The first kappa shape index (κ1) is 14.2. The molecule has 0 bridgehead atoms. The van der Waals surface area contributed by atoms with Crippen molar-refractivity contribution in [2.45, 2.75) is 33.2 Å². The number of rotatable bonds is 4. The van der Waals surface area contributed by atoms with Gasteiger partial charge in [-0.15, -0.1) is 0 Å². The molecule has 0 saturated heterocycles. The van der Waals surface area contributed by atoms with Gasteiger partial charge < -0.3 is 10.1 Å².